The van der Waals surface area contributed by atoms with Gasteiger partial charge in [0.1, 0.15) is 12.6 Å². The summed E-state index contributed by atoms with van der Waals surface area (Å²) < 4.78 is 0. The van der Waals surface area contributed by atoms with Gasteiger partial charge < -0.3 is 21.5 Å². The standard InChI is InChI=1S/C12H23N3O4S/c1-7(2)10(13)12(19)15-8(4-5-20-3)11(18)14-6-9(16)17/h7-8,10H,4-6,13H2,1-3H3,(H,14,18)(H,15,19)(H,16,17). The highest BCUT2D eigenvalue weighted by Crippen LogP contribution is 2.04. The first-order chi connectivity index (χ1) is 9.29. The zero-order valence-electron chi connectivity index (χ0n) is 12.0. The second-order valence-electron chi connectivity index (χ2n) is 4.72. The Bertz CT molecular complexity index is 350. The summed E-state index contributed by atoms with van der Waals surface area (Å²) in [6.45, 7) is 3.15. The average Bonchev–Trinajstić information content (AvgIpc) is 2.39. The number of nitrogens with two attached hydrogens (primary N) is 1. The lowest BCUT2D eigenvalue weighted by atomic mass is 10.0. The summed E-state index contributed by atoms with van der Waals surface area (Å²) in [5, 5.41) is 13.4. The number of carboxylic acid groups (broad SMARTS) is 1. The molecule has 0 aliphatic heterocycles. The topological polar surface area (TPSA) is 122 Å². The highest BCUT2D eigenvalue weighted by atomic mass is 32.2. The van der Waals surface area contributed by atoms with E-state index >= 15 is 0 Å². The van der Waals surface area contributed by atoms with Gasteiger partial charge in [-0.25, -0.2) is 0 Å². The third-order valence-electron chi connectivity index (χ3n) is 2.68. The highest BCUT2D eigenvalue weighted by Gasteiger charge is 2.24. The molecule has 0 saturated heterocycles. The van der Waals surface area contributed by atoms with Gasteiger partial charge in [0.2, 0.25) is 11.8 Å². The van der Waals surface area contributed by atoms with E-state index in [4.69, 9.17) is 10.8 Å². The highest BCUT2D eigenvalue weighted by molar-refractivity contribution is 7.98. The predicted octanol–water partition coefficient (Wildman–Crippen LogP) is -0.592. The van der Waals surface area contributed by atoms with Gasteiger partial charge in [0.05, 0.1) is 6.04 Å². The van der Waals surface area contributed by atoms with Crippen molar-refractivity contribution in [2.75, 3.05) is 18.6 Å². The molecule has 0 aromatic rings. The van der Waals surface area contributed by atoms with Gasteiger partial charge in [-0.05, 0) is 24.3 Å². The van der Waals surface area contributed by atoms with E-state index in [-0.39, 0.29) is 5.92 Å². The maximum absolute atomic E-state index is 11.9. The zero-order chi connectivity index (χ0) is 15.7. The number of nitrogens with one attached hydrogen (secondary N) is 2. The molecule has 2 atom stereocenters. The van der Waals surface area contributed by atoms with Crippen LogP contribution in [0.15, 0.2) is 0 Å². The SMILES string of the molecule is CSCCC(NC(=O)C(N)C(C)C)C(=O)NCC(=O)O. The van der Waals surface area contributed by atoms with Crippen LogP contribution in [-0.4, -0.2) is 53.5 Å². The third-order valence-corrected chi connectivity index (χ3v) is 3.32. The van der Waals surface area contributed by atoms with Crippen molar-refractivity contribution >= 4 is 29.5 Å². The van der Waals surface area contributed by atoms with Crippen molar-refractivity contribution in [3.8, 4) is 0 Å². The van der Waals surface area contributed by atoms with Crippen molar-refractivity contribution in [2.45, 2.75) is 32.4 Å². The van der Waals surface area contributed by atoms with E-state index in [2.05, 4.69) is 10.6 Å². The van der Waals surface area contributed by atoms with E-state index in [1.165, 1.54) is 11.8 Å². The van der Waals surface area contributed by atoms with Crippen molar-refractivity contribution in [1.29, 1.82) is 0 Å². The largest absolute Gasteiger partial charge is 0.480 e. The summed E-state index contributed by atoms with van der Waals surface area (Å²) in [6, 6.07) is -1.46. The number of aliphatic carboxylic acids is 1. The van der Waals surface area contributed by atoms with Crippen LogP contribution in [0.25, 0.3) is 0 Å². The molecule has 20 heavy (non-hydrogen) atoms. The van der Waals surface area contributed by atoms with Gasteiger partial charge in [-0.15, -0.1) is 0 Å². The molecule has 0 spiro atoms. The van der Waals surface area contributed by atoms with Crippen LogP contribution in [0, 0.1) is 5.92 Å². The molecule has 0 aliphatic carbocycles. The summed E-state index contributed by atoms with van der Waals surface area (Å²) in [4.78, 5) is 34.1. The fraction of sp³-hybridized carbons (Fsp3) is 0.750. The molecular formula is C12H23N3O4S. The van der Waals surface area contributed by atoms with E-state index in [9.17, 15) is 14.4 Å². The maximum Gasteiger partial charge on any atom is 0.322 e. The molecule has 116 valence electrons. The minimum atomic E-state index is -1.13. The van der Waals surface area contributed by atoms with Gasteiger partial charge in [-0.1, -0.05) is 13.8 Å². The number of carbonyl (C=O) groups is 3. The van der Waals surface area contributed by atoms with Gasteiger partial charge in [-0.3, -0.25) is 14.4 Å². The minimum absolute atomic E-state index is 0.0433. The molecule has 0 aromatic carbocycles. The molecular weight excluding hydrogens is 282 g/mol. The van der Waals surface area contributed by atoms with Gasteiger partial charge in [-0.2, -0.15) is 11.8 Å². The number of hydrogen-bond donors (Lipinski definition) is 4. The first kappa shape index (κ1) is 18.7. The predicted molar refractivity (Wildman–Crippen MR) is 78.4 cm³/mol. The number of carboxylic acids is 1. The van der Waals surface area contributed by atoms with Crippen molar-refractivity contribution in [1.82, 2.24) is 10.6 Å². The molecule has 8 heteroatoms. The lowest BCUT2D eigenvalue weighted by Gasteiger charge is -2.21. The molecule has 0 radical (unpaired) electrons. The van der Waals surface area contributed by atoms with Gasteiger partial charge >= 0.3 is 5.97 Å². The molecule has 0 bridgehead atoms. The lowest BCUT2D eigenvalue weighted by Crippen LogP contribution is -2.53. The number of thioether (sulfide) groups is 1. The van der Waals surface area contributed by atoms with Crippen LogP contribution in [0.2, 0.25) is 0 Å². The normalized spacial score (nSPS) is 13.7. The monoisotopic (exact) mass is 305 g/mol. The van der Waals surface area contributed by atoms with E-state index in [1.54, 1.807) is 0 Å². The van der Waals surface area contributed by atoms with E-state index in [0.29, 0.717) is 12.2 Å². The summed E-state index contributed by atoms with van der Waals surface area (Å²) in [5.74, 6) is -1.42. The van der Waals surface area contributed by atoms with Crippen molar-refractivity contribution in [3.05, 3.63) is 0 Å². The Morgan fingerprint density at radius 1 is 1.25 bits per heavy atom. The number of carbonyl (C=O) groups excluding carboxylic acids is 2. The van der Waals surface area contributed by atoms with Gasteiger partial charge in [0.15, 0.2) is 0 Å². The van der Waals surface area contributed by atoms with Gasteiger partial charge in [0, 0.05) is 0 Å². The van der Waals surface area contributed by atoms with Crippen LogP contribution in [0.4, 0.5) is 0 Å². The van der Waals surface area contributed by atoms with E-state index in [1.807, 2.05) is 20.1 Å². The fourth-order valence-corrected chi connectivity index (χ4v) is 1.83. The first-order valence-corrected chi connectivity index (χ1v) is 7.73. The third kappa shape index (κ3) is 7.34. The first-order valence-electron chi connectivity index (χ1n) is 6.34. The molecule has 0 fully saturated rings. The fourth-order valence-electron chi connectivity index (χ4n) is 1.36. The summed E-state index contributed by atoms with van der Waals surface area (Å²) in [7, 11) is 0. The summed E-state index contributed by atoms with van der Waals surface area (Å²) in [5.41, 5.74) is 5.72. The molecule has 2 unspecified atom stereocenters. The molecule has 2 amide bonds. The zero-order valence-corrected chi connectivity index (χ0v) is 12.8. The molecule has 0 aromatic heterocycles. The van der Waals surface area contributed by atoms with Crippen LogP contribution in [0.3, 0.4) is 0 Å². The summed E-state index contributed by atoms with van der Waals surface area (Å²) in [6.07, 6.45) is 2.30. The van der Waals surface area contributed by atoms with Crippen molar-refractivity contribution in [2.24, 2.45) is 11.7 Å². The Balaban J connectivity index is 4.58. The van der Waals surface area contributed by atoms with Crippen molar-refractivity contribution < 1.29 is 19.5 Å². The maximum atomic E-state index is 11.9. The van der Waals surface area contributed by atoms with Gasteiger partial charge in [0.25, 0.3) is 0 Å². The van der Waals surface area contributed by atoms with Crippen LogP contribution in [0.5, 0.6) is 0 Å². The van der Waals surface area contributed by atoms with Crippen LogP contribution in [-0.2, 0) is 14.4 Å². The molecule has 0 aliphatic rings. The number of amides is 2. The second-order valence-corrected chi connectivity index (χ2v) is 5.71. The number of rotatable bonds is 9. The Labute approximate surface area is 123 Å². The molecule has 0 saturated carbocycles. The van der Waals surface area contributed by atoms with Crippen molar-refractivity contribution in [3.63, 3.8) is 0 Å². The molecule has 0 heterocycles. The quantitative estimate of drug-likeness (QED) is 0.452. The van der Waals surface area contributed by atoms with Crippen LogP contribution < -0.4 is 16.4 Å². The molecule has 5 N–H and O–H groups in total. The lowest BCUT2D eigenvalue weighted by molar-refractivity contribution is -0.138. The molecule has 7 nitrogen and oxygen atoms in total. The summed E-state index contributed by atoms with van der Waals surface area (Å²) >= 11 is 1.53. The van der Waals surface area contributed by atoms with E-state index < -0.39 is 36.4 Å². The number of hydrogen-bond acceptors (Lipinski definition) is 5. The van der Waals surface area contributed by atoms with Crippen LogP contribution >= 0.6 is 11.8 Å². The molecule has 0 rings (SSSR count). The Morgan fingerprint density at radius 3 is 2.30 bits per heavy atom. The van der Waals surface area contributed by atoms with Crippen LogP contribution in [0.1, 0.15) is 20.3 Å². The second kappa shape index (κ2) is 9.60. The smallest absolute Gasteiger partial charge is 0.322 e. The average molecular weight is 305 g/mol. The Morgan fingerprint density at radius 2 is 1.85 bits per heavy atom. The van der Waals surface area contributed by atoms with E-state index in [0.717, 1.165) is 0 Å². The Hall–Kier alpha value is -1.28. The Kier molecular flexibility index (Phi) is 8.98. The minimum Gasteiger partial charge on any atom is -0.480 e.